The molecule has 0 saturated carbocycles. The summed E-state index contributed by atoms with van der Waals surface area (Å²) in [7, 11) is 0. The summed E-state index contributed by atoms with van der Waals surface area (Å²) >= 11 is 4.46. The largest absolute Gasteiger partial charge is 0.307 e. The van der Waals surface area contributed by atoms with Gasteiger partial charge in [-0.1, -0.05) is 83.3 Å². The number of hydrogen-bond donors (Lipinski definition) is 1. The highest BCUT2D eigenvalue weighted by molar-refractivity contribution is 14.1. The predicted molar refractivity (Wildman–Crippen MR) is 104 cm³/mol. The summed E-state index contributed by atoms with van der Waals surface area (Å²) in [5, 5.41) is 5.60. The first-order chi connectivity index (χ1) is 10.8. The average molecular weight is 423 g/mol. The van der Waals surface area contributed by atoms with Gasteiger partial charge in [-0.25, -0.2) is 4.58 Å². The monoisotopic (exact) mass is 423 g/mol. The normalized spacial score (nSPS) is 17.3. The number of benzene rings is 2. The second-order valence-corrected chi connectivity index (χ2v) is 7.58. The highest BCUT2D eigenvalue weighted by atomic mass is 127. The Morgan fingerprint density at radius 3 is 1.95 bits per heavy atom. The van der Waals surface area contributed by atoms with Crippen molar-refractivity contribution in [1.29, 1.82) is 0 Å². The molecule has 22 heavy (non-hydrogen) atoms. The van der Waals surface area contributed by atoms with Crippen LogP contribution in [0.4, 0.5) is 0 Å². The molecule has 0 aliphatic carbocycles. The lowest BCUT2D eigenvalue weighted by Gasteiger charge is -2.10. The lowest BCUT2D eigenvalue weighted by atomic mass is 10.2. The molecular formula is C18H20IN2S+. The molecule has 1 aliphatic heterocycles. The van der Waals surface area contributed by atoms with Gasteiger partial charge in [0.05, 0.1) is 11.8 Å². The first-order valence-electron chi connectivity index (χ1n) is 7.51. The lowest BCUT2D eigenvalue weighted by molar-refractivity contribution is -0.559. The number of rotatable bonds is 5. The Kier molecular flexibility index (Phi) is 5.78. The smallest absolute Gasteiger partial charge is 0.268 e. The van der Waals surface area contributed by atoms with E-state index in [1.54, 1.807) is 0 Å². The number of alkyl halides is 1. The van der Waals surface area contributed by atoms with Gasteiger partial charge < -0.3 is 0 Å². The third-order valence-electron chi connectivity index (χ3n) is 3.65. The molecule has 1 aliphatic rings. The van der Waals surface area contributed by atoms with Crippen LogP contribution in [-0.4, -0.2) is 26.0 Å². The second kappa shape index (κ2) is 8.02. The van der Waals surface area contributed by atoms with Gasteiger partial charge in [0.1, 0.15) is 13.1 Å². The maximum Gasteiger partial charge on any atom is 0.307 e. The minimum absolute atomic E-state index is 0.685. The summed E-state index contributed by atoms with van der Waals surface area (Å²) in [5.74, 6) is 0. The van der Waals surface area contributed by atoms with E-state index in [1.807, 2.05) is 11.8 Å². The van der Waals surface area contributed by atoms with E-state index in [0.29, 0.717) is 5.25 Å². The lowest BCUT2D eigenvalue weighted by Crippen LogP contribution is -2.27. The van der Waals surface area contributed by atoms with Gasteiger partial charge in [0.25, 0.3) is 0 Å². The summed E-state index contributed by atoms with van der Waals surface area (Å²) in [6.07, 6.45) is 0. The van der Waals surface area contributed by atoms with Crippen molar-refractivity contribution in [2.45, 2.75) is 18.3 Å². The standard InChI is InChI=1S/C18H19IN2S/c19-11-17-12-20-18(22-17)21(13-15-7-3-1-4-8-15)14-16-9-5-2-6-10-16/h1-10,17H,11-14H2/p+1/t17-/m1/s1. The number of halogens is 1. The number of hydrogen-bond acceptors (Lipinski definition) is 1. The SMILES string of the molecule is IC[C@@H]1CNC(=[N+](Cc2ccccc2)Cc2ccccc2)S1. The Hall–Kier alpha value is -1.01. The van der Waals surface area contributed by atoms with Crippen molar-refractivity contribution >= 4 is 39.5 Å². The van der Waals surface area contributed by atoms with Crippen LogP contribution in [0.5, 0.6) is 0 Å². The second-order valence-electron chi connectivity index (χ2n) is 5.41. The average Bonchev–Trinajstić information content (AvgIpc) is 3.05. The molecule has 0 bridgehead atoms. The van der Waals surface area contributed by atoms with Crippen LogP contribution >= 0.6 is 34.4 Å². The Bertz CT molecular complexity index is 585. The van der Waals surface area contributed by atoms with E-state index in [2.05, 4.69) is 93.1 Å². The van der Waals surface area contributed by atoms with E-state index in [9.17, 15) is 0 Å². The van der Waals surface area contributed by atoms with Crippen molar-refractivity contribution < 1.29 is 4.58 Å². The van der Waals surface area contributed by atoms with E-state index in [0.717, 1.165) is 19.6 Å². The van der Waals surface area contributed by atoms with Crippen molar-refractivity contribution in [3.63, 3.8) is 0 Å². The maximum absolute atomic E-state index is 3.60. The summed E-state index contributed by atoms with van der Waals surface area (Å²) < 4.78 is 3.64. The molecular weight excluding hydrogens is 403 g/mol. The van der Waals surface area contributed by atoms with Gasteiger partial charge in [-0.05, 0) is 22.9 Å². The molecule has 0 spiro atoms. The minimum atomic E-state index is 0.685. The Labute approximate surface area is 150 Å². The van der Waals surface area contributed by atoms with E-state index in [4.69, 9.17) is 0 Å². The first kappa shape index (κ1) is 15.9. The molecule has 1 N–H and O–H groups in total. The van der Waals surface area contributed by atoms with Gasteiger partial charge in [-0.15, -0.1) is 0 Å². The maximum atomic E-state index is 3.60. The van der Waals surface area contributed by atoms with Crippen molar-refractivity contribution in [3.8, 4) is 0 Å². The zero-order chi connectivity index (χ0) is 15.2. The van der Waals surface area contributed by atoms with E-state index in [1.165, 1.54) is 20.7 Å². The summed E-state index contributed by atoms with van der Waals surface area (Å²) in [5.41, 5.74) is 2.71. The van der Waals surface area contributed by atoms with Crippen molar-refractivity contribution in [1.82, 2.24) is 5.32 Å². The molecule has 0 radical (unpaired) electrons. The summed E-state index contributed by atoms with van der Waals surface area (Å²) in [6.45, 7) is 2.96. The van der Waals surface area contributed by atoms with Crippen LogP contribution in [0, 0.1) is 0 Å². The molecule has 2 nitrogen and oxygen atoms in total. The molecule has 2 aromatic carbocycles. The van der Waals surface area contributed by atoms with Crippen LogP contribution in [0.25, 0.3) is 0 Å². The molecule has 114 valence electrons. The van der Waals surface area contributed by atoms with Gasteiger partial charge in [0, 0.05) is 4.43 Å². The van der Waals surface area contributed by atoms with Gasteiger partial charge in [0.15, 0.2) is 0 Å². The van der Waals surface area contributed by atoms with Crippen molar-refractivity contribution in [2.24, 2.45) is 0 Å². The number of amidine groups is 1. The molecule has 0 unspecified atom stereocenters. The fraction of sp³-hybridized carbons (Fsp3) is 0.278. The van der Waals surface area contributed by atoms with Crippen molar-refractivity contribution in [3.05, 3.63) is 71.8 Å². The summed E-state index contributed by atoms with van der Waals surface area (Å²) in [6, 6.07) is 21.4. The molecule has 3 rings (SSSR count). The number of nitrogens with one attached hydrogen (secondary N) is 1. The number of nitrogens with zero attached hydrogens (tertiary/aromatic N) is 1. The zero-order valence-corrected chi connectivity index (χ0v) is 15.4. The van der Waals surface area contributed by atoms with Gasteiger partial charge in [-0.2, -0.15) is 0 Å². The molecule has 1 fully saturated rings. The topological polar surface area (TPSA) is 15.0 Å². The van der Waals surface area contributed by atoms with E-state index < -0.39 is 0 Å². The number of thioether (sulfide) groups is 1. The highest BCUT2D eigenvalue weighted by Gasteiger charge is 2.28. The van der Waals surface area contributed by atoms with Gasteiger partial charge >= 0.3 is 5.17 Å². The molecule has 0 amide bonds. The minimum Gasteiger partial charge on any atom is -0.268 e. The third kappa shape index (κ3) is 4.26. The van der Waals surface area contributed by atoms with Crippen LogP contribution in [0.15, 0.2) is 60.7 Å². The Morgan fingerprint density at radius 2 is 1.50 bits per heavy atom. The van der Waals surface area contributed by atoms with Crippen LogP contribution < -0.4 is 5.32 Å². The van der Waals surface area contributed by atoms with Gasteiger partial charge in [0.2, 0.25) is 0 Å². The first-order valence-corrected chi connectivity index (χ1v) is 9.92. The van der Waals surface area contributed by atoms with Crippen LogP contribution in [0.3, 0.4) is 0 Å². The molecule has 4 heteroatoms. The Balaban J connectivity index is 1.84. The fourth-order valence-corrected chi connectivity index (χ4v) is 4.36. The Morgan fingerprint density at radius 1 is 0.955 bits per heavy atom. The van der Waals surface area contributed by atoms with Crippen LogP contribution in [0.1, 0.15) is 11.1 Å². The van der Waals surface area contributed by atoms with Gasteiger partial charge in [-0.3, -0.25) is 5.32 Å². The summed E-state index contributed by atoms with van der Waals surface area (Å²) in [4.78, 5) is 0. The zero-order valence-electron chi connectivity index (χ0n) is 12.4. The molecule has 2 aromatic rings. The van der Waals surface area contributed by atoms with Crippen LogP contribution in [-0.2, 0) is 13.1 Å². The molecule has 0 aromatic heterocycles. The molecule has 1 saturated heterocycles. The highest BCUT2D eigenvalue weighted by Crippen LogP contribution is 2.21. The third-order valence-corrected chi connectivity index (χ3v) is 6.60. The van der Waals surface area contributed by atoms with Crippen LogP contribution in [0.2, 0.25) is 0 Å². The fourth-order valence-electron chi connectivity index (χ4n) is 2.52. The van der Waals surface area contributed by atoms with E-state index in [-0.39, 0.29) is 0 Å². The predicted octanol–water partition coefficient (Wildman–Crippen LogP) is 3.90. The molecule has 1 atom stereocenters. The quantitative estimate of drug-likeness (QED) is 0.446. The molecule has 1 heterocycles. The van der Waals surface area contributed by atoms with Crippen molar-refractivity contribution in [2.75, 3.05) is 11.0 Å². The van der Waals surface area contributed by atoms with E-state index >= 15 is 0 Å².